The topological polar surface area (TPSA) is 115 Å². The smallest absolute Gasteiger partial charge is 0.267 e. The molecule has 3 aromatic rings. The molecular formula is C30H35ClF3N7O3. The summed E-state index contributed by atoms with van der Waals surface area (Å²) in [5.74, 6) is -3.45. The first-order chi connectivity index (χ1) is 20.6. The molecule has 1 aromatic heterocycles. The molecule has 4 rings (SSSR count). The first kappa shape index (κ1) is 32.8. The number of methoxy groups -OCH3 is 1. The van der Waals surface area contributed by atoms with Gasteiger partial charge in [0.2, 0.25) is 11.9 Å². The van der Waals surface area contributed by atoms with Gasteiger partial charge in [-0.2, -0.15) is 4.98 Å². The van der Waals surface area contributed by atoms with Crippen LogP contribution >= 0.6 is 11.6 Å². The molecule has 0 aliphatic carbocycles. The number of likely N-dealkylation sites (N-methyl/N-ethyl adjacent to an activating group) is 1. The fourth-order valence-corrected chi connectivity index (χ4v) is 5.19. The van der Waals surface area contributed by atoms with Gasteiger partial charge >= 0.3 is 0 Å². The highest BCUT2D eigenvalue weighted by molar-refractivity contribution is 6.31. The number of anilines is 6. The molecule has 2 aromatic carbocycles. The minimum Gasteiger partial charge on any atom is -0.494 e. The number of nitrogens with one attached hydrogen (secondary N) is 3. The second-order valence-corrected chi connectivity index (χ2v) is 11.7. The number of ether oxygens (including phenoxy) is 1. The minimum atomic E-state index is -2.92. The van der Waals surface area contributed by atoms with Gasteiger partial charge in [-0.25, -0.2) is 18.2 Å². The lowest BCUT2D eigenvalue weighted by molar-refractivity contribution is -0.111. The highest BCUT2D eigenvalue weighted by Crippen LogP contribution is 2.44. The first-order valence-electron chi connectivity index (χ1n) is 13.6. The molecule has 1 saturated heterocycles. The molecule has 1 fully saturated rings. The van der Waals surface area contributed by atoms with Gasteiger partial charge in [-0.05, 0) is 58.3 Å². The van der Waals surface area contributed by atoms with Gasteiger partial charge in [0.15, 0.2) is 0 Å². The fraction of sp³-hybridized carbons (Fsp3) is 0.367. The highest BCUT2D eigenvalue weighted by atomic mass is 35.5. The normalized spacial score (nSPS) is 16.2. The van der Waals surface area contributed by atoms with E-state index in [2.05, 4.69) is 32.5 Å². The van der Waals surface area contributed by atoms with Gasteiger partial charge in [0.05, 0.1) is 41.3 Å². The summed E-state index contributed by atoms with van der Waals surface area (Å²) in [5, 5.41) is 19.2. The van der Waals surface area contributed by atoms with Gasteiger partial charge in [0.25, 0.3) is 5.92 Å². The second kappa shape index (κ2) is 12.9. The summed E-state index contributed by atoms with van der Waals surface area (Å²) in [5.41, 5.74) is 0.144. The summed E-state index contributed by atoms with van der Waals surface area (Å²) in [6.07, 6.45) is 2.20. The van der Waals surface area contributed by atoms with E-state index < -0.39 is 35.8 Å². The van der Waals surface area contributed by atoms with Gasteiger partial charge in [-0.15, -0.1) is 0 Å². The molecule has 10 nitrogen and oxygen atoms in total. The number of halogens is 4. The zero-order valence-electron chi connectivity index (χ0n) is 25.0. The molecule has 0 bridgehead atoms. The van der Waals surface area contributed by atoms with Crippen LogP contribution in [0.1, 0.15) is 25.8 Å². The Labute approximate surface area is 258 Å². The standard InChI is InChI=1S/C30H35ClF3N7O3/c1-7-27(42)37-22-12-23(25(44-6)13-24(22)41-16-30(33,34)14-17(41)15-40(4)5)38-28-35-9-8-26(39-28)36-21-11-19(31)20(32)10-18(21)29(2,3)43/h7-13,17,43H,1,14-16H2,2-6H3,(H,37,42)(H2,35,36,38,39). The number of aromatic nitrogens is 2. The van der Waals surface area contributed by atoms with Crippen molar-refractivity contribution in [3.63, 3.8) is 0 Å². The summed E-state index contributed by atoms with van der Waals surface area (Å²) in [6, 6.07) is 6.66. The third kappa shape index (κ3) is 7.71. The fourth-order valence-electron chi connectivity index (χ4n) is 5.02. The van der Waals surface area contributed by atoms with Gasteiger partial charge in [-0.3, -0.25) is 4.79 Å². The van der Waals surface area contributed by atoms with Crippen LogP contribution in [0.25, 0.3) is 0 Å². The molecule has 1 amide bonds. The van der Waals surface area contributed by atoms with Crippen LogP contribution in [0.3, 0.4) is 0 Å². The maximum Gasteiger partial charge on any atom is 0.267 e. The van der Waals surface area contributed by atoms with Crippen molar-refractivity contribution >= 4 is 52.0 Å². The Bertz CT molecular complexity index is 1550. The number of carbonyl (C=O) groups is 1. The zero-order chi connectivity index (χ0) is 32.4. The molecule has 236 valence electrons. The number of rotatable bonds is 11. The number of nitrogens with zero attached hydrogens (tertiary/aromatic N) is 4. The lowest BCUT2D eigenvalue weighted by Crippen LogP contribution is -2.38. The molecule has 1 aliphatic rings. The predicted molar refractivity (Wildman–Crippen MR) is 166 cm³/mol. The van der Waals surface area contributed by atoms with Gasteiger partial charge in [0.1, 0.15) is 17.4 Å². The summed E-state index contributed by atoms with van der Waals surface area (Å²) in [7, 11) is 5.04. The number of benzene rings is 2. The van der Waals surface area contributed by atoms with E-state index in [4.69, 9.17) is 16.3 Å². The maximum atomic E-state index is 14.6. The summed E-state index contributed by atoms with van der Waals surface area (Å²) >= 11 is 6.01. The lowest BCUT2D eigenvalue weighted by Gasteiger charge is -2.30. The molecule has 1 unspecified atom stereocenters. The molecular weight excluding hydrogens is 599 g/mol. The Morgan fingerprint density at radius 3 is 2.61 bits per heavy atom. The van der Waals surface area contributed by atoms with E-state index >= 15 is 0 Å². The second-order valence-electron chi connectivity index (χ2n) is 11.3. The van der Waals surface area contributed by atoms with E-state index in [0.29, 0.717) is 23.6 Å². The minimum absolute atomic E-state index is 0.109. The van der Waals surface area contributed by atoms with Crippen molar-refractivity contribution in [2.24, 2.45) is 0 Å². The Kier molecular flexibility index (Phi) is 9.62. The van der Waals surface area contributed by atoms with E-state index in [1.165, 1.54) is 33.2 Å². The molecule has 1 atom stereocenters. The zero-order valence-corrected chi connectivity index (χ0v) is 25.8. The molecule has 14 heteroatoms. The molecule has 0 radical (unpaired) electrons. The molecule has 0 spiro atoms. The van der Waals surface area contributed by atoms with Crippen molar-refractivity contribution in [1.82, 2.24) is 14.9 Å². The monoisotopic (exact) mass is 633 g/mol. The molecule has 2 heterocycles. The maximum absolute atomic E-state index is 14.6. The Morgan fingerprint density at radius 2 is 1.98 bits per heavy atom. The Hall–Kier alpha value is -4.07. The van der Waals surface area contributed by atoms with Crippen LogP contribution < -0.4 is 25.6 Å². The van der Waals surface area contributed by atoms with Gasteiger partial charge in [-0.1, -0.05) is 18.2 Å². The van der Waals surface area contributed by atoms with Crippen molar-refractivity contribution in [2.75, 3.05) is 55.1 Å². The molecule has 0 saturated carbocycles. The third-order valence-electron chi connectivity index (χ3n) is 6.91. The summed E-state index contributed by atoms with van der Waals surface area (Å²) < 4.78 is 49.1. The third-order valence-corrected chi connectivity index (χ3v) is 7.20. The predicted octanol–water partition coefficient (Wildman–Crippen LogP) is 5.89. The van der Waals surface area contributed by atoms with E-state index in [-0.39, 0.29) is 40.2 Å². The van der Waals surface area contributed by atoms with E-state index in [1.807, 2.05) is 19.0 Å². The number of hydrogen-bond donors (Lipinski definition) is 4. The van der Waals surface area contributed by atoms with E-state index in [9.17, 15) is 23.1 Å². The van der Waals surface area contributed by atoms with Crippen molar-refractivity contribution in [3.8, 4) is 5.75 Å². The Balaban J connectivity index is 1.71. The SMILES string of the molecule is C=CC(=O)Nc1cc(Nc2nccc(Nc3cc(Cl)c(F)cc3C(C)(C)O)n2)c(OC)cc1N1CC(F)(F)CC1CN(C)C. The van der Waals surface area contributed by atoms with Crippen LogP contribution in [0.15, 0.2) is 49.2 Å². The molecule has 1 aliphatic heterocycles. The van der Waals surface area contributed by atoms with Gasteiger partial charge < -0.3 is 35.6 Å². The van der Waals surface area contributed by atoms with Crippen LogP contribution in [-0.4, -0.2) is 72.1 Å². The summed E-state index contributed by atoms with van der Waals surface area (Å²) in [6.45, 7) is 6.36. The lowest BCUT2D eigenvalue weighted by atomic mass is 9.96. The molecule has 44 heavy (non-hydrogen) atoms. The van der Waals surface area contributed by atoms with Crippen LogP contribution in [0.2, 0.25) is 5.02 Å². The average molecular weight is 634 g/mol. The summed E-state index contributed by atoms with van der Waals surface area (Å²) in [4.78, 5) is 24.5. The van der Waals surface area contributed by atoms with Crippen LogP contribution in [0.5, 0.6) is 5.75 Å². The van der Waals surface area contributed by atoms with Crippen LogP contribution in [0.4, 0.5) is 47.7 Å². The molecule has 4 N–H and O–H groups in total. The quantitative estimate of drug-likeness (QED) is 0.192. The number of carbonyl (C=O) groups excluding carboxylic acids is 1. The van der Waals surface area contributed by atoms with Crippen molar-refractivity contribution in [3.05, 3.63) is 65.6 Å². The highest BCUT2D eigenvalue weighted by Gasteiger charge is 2.46. The number of hydrogen-bond acceptors (Lipinski definition) is 9. The van der Waals surface area contributed by atoms with E-state index in [1.54, 1.807) is 23.1 Å². The van der Waals surface area contributed by atoms with Crippen molar-refractivity contribution in [2.45, 2.75) is 37.8 Å². The first-order valence-corrected chi connectivity index (χ1v) is 14.0. The number of amides is 1. The largest absolute Gasteiger partial charge is 0.494 e. The van der Waals surface area contributed by atoms with Crippen LogP contribution in [0, 0.1) is 5.82 Å². The van der Waals surface area contributed by atoms with Crippen molar-refractivity contribution in [1.29, 1.82) is 0 Å². The number of aliphatic hydroxyl groups is 1. The van der Waals surface area contributed by atoms with Crippen molar-refractivity contribution < 1.29 is 27.8 Å². The van der Waals surface area contributed by atoms with Gasteiger partial charge in [0, 0.05) is 42.5 Å². The number of alkyl halides is 2. The van der Waals surface area contributed by atoms with Crippen LogP contribution in [-0.2, 0) is 10.4 Å². The average Bonchev–Trinajstić information content (AvgIpc) is 3.23. The Morgan fingerprint density at radius 1 is 1.25 bits per heavy atom. The van der Waals surface area contributed by atoms with E-state index in [0.717, 1.165) is 12.1 Å².